The predicted molar refractivity (Wildman–Crippen MR) is 90.0 cm³/mol. The minimum Gasteiger partial charge on any atom is -0.504 e. The van der Waals surface area contributed by atoms with Crippen molar-refractivity contribution in [3.05, 3.63) is 65.5 Å². The maximum absolute atomic E-state index is 12.9. The summed E-state index contributed by atoms with van der Waals surface area (Å²) in [6.07, 6.45) is 1.64. The number of Topliss-reactive ketones (excluding diaryl/α,β-unsaturated/α-hetero) is 1. The summed E-state index contributed by atoms with van der Waals surface area (Å²) in [5.74, 6) is -1.31. The van der Waals surface area contributed by atoms with Gasteiger partial charge in [0, 0.05) is 11.6 Å². The molecule has 0 unspecified atom stereocenters. The standard InChI is InChI=1S/C19H17FO5/c1-12(19(23)14-5-7-15(20)8-6-14)25-18(22)10-4-13-3-9-16(21)17(11-13)24-2/h3-12,21H,1-2H3/b10-4+/t12-/m0/s1. The zero-order valence-corrected chi connectivity index (χ0v) is 13.7. The number of hydrogen-bond donors (Lipinski definition) is 1. The summed E-state index contributed by atoms with van der Waals surface area (Å²) < 4.78 is 22.9. The van der Waals surface area contributed by atoms with Crippen LogP contribution in [-0.2, 0) is 9.53 Å². The van der Waals surface area contributed by atoms with E-state index in [1.807, 2.05) is 0 Å². The molecule has 0 aliphatic rings. The molecule has 0 aliphatic heterocycles. The Bertz CT molecular complexity index is 796. The fraction of sp³-hybridized carbons (Fsp3) is 0.158. The van der Waals surface area contributed by atoms with E-state index < -0.39 is 23.7 Å². The summed E-state index contributed by atoms with van der Waals surface area (Å²) in [6.45, 7) is 1.45. The molecule has 0 radical (unpaired) electrons. The monoisotopic (exact) mass is 344 g/mol. The van der Waals surface area contributed by atoms with Crippen molar-refractivity contribution in [2.45, 2.75) is 13.0 Å². The van der Waals surface area contributed by atoms with Crippen molar-refractivity contribution in [1.29, 1.82) is 0 Å². The molecular formula is C19H17FO5. The Morgan fingerprint density at radius 2 is 1.84 bits per heavy atom. The quantitative estimate of drug-likeness (QED) is 0.494. The average molecular weight is 344 g/mol. The van der Waals surface area contributed by atoms with E-state index in [0.717, 1.165) is 0 Å². The van der Waals surface area contributed by atoms with E-state index >= 15 is 0 Å². The van der Waals surface area contributed by atoms with Crippen molar-refractivity contribution in [1.82, 2.24) is 0 Å². The molecule has 0 aromatic heterocycles. The zero-order chi connectivity index (χ0) is 18.4. The average Bonchev–Trinajstić information content (AvgIpc) is 2.61. The number of rotatable bonds is 6. The largest absolute Gasteiger partial charge is 0.504 e. The second-order valence-corrected chi connectivity index (χ2v) is 5.21. The third-order valence-electron chi connectivity index (χ3n) is 3.41. The Hall–Kier alpha value is -3.15. The smallest absolute Gasteiger partial charge is 0.331 e. The molecule has 0 fully saturated rings. The van der Waals surface area contributed by atoms with Crippen LogP contribution < -0.4 is 4.74 Å². The Labute approximate surface area is 144 Å². The highest BCUT2D eigenvalue weighted by Gasteiger charge is 2.18. The predicted octanol–water partition coefficient (Wildman–Crippen LogP) is 3.37. The van der Waals surface area contributed by atoms with Crippen molar-refractivity contribution in [3.8, 4) is 11.5 Å². The Kier molecular flexibility index (Phi) is 5.89. The van der Waals surface area contributed by atoms with E-state index in [1.54, 1.807) is 12.1 Å². The molecular weight excluding hydrogens is 327 g/mol. The summed E-state index contributed by atoms with van der Waals surface area (Å²) in [6, 6.07) is 9.58. The normalized spacial score (nSPS) is 12.0. The number of hydrogen-bond acceptors (Lipinski definition) is 5. The number of benzene rings is 2. The number of aromatic hydroxyl groups is 1. The van der Waals surface area contributed by atoms with Crippen LogP contribution in [0.4, 0.5) is 4.39 Å². The van der Waals surface area contributed by atoms with Gasteiger partial charge < -0.3 is 14.6 Å². The molecule has 0 amide bonds. The van der Waals surface area contributed by atoms with Crippen molar-refractivity contribution < 1.29 is 28.6 Å². The first-order valence-corrected chi connectivity index (χ1v) is 7.46. The van der Waals surface area contributed by atoms with Crippen molar-refractivity contribution in [3.63, 3.8) is 0 Å². The second kappa shape index (κ2) is 8.10. The molecule has 5 nitrogen and oxygen atoms in total. The second-order valence-electron chi connectivity index (χ2n) is 5.21. The summed E-state index contributed by atoms with van der Waals surface area (Å²) in [5.41, 5.74) is 0.873. The van der Waals surface area contributed by atoms with Crippen LogP contribution in [0.1, 0.15) is 22.8 Å². The zero-order valence-electron chi connectivity index (χ0n) is 13.7. The number of carbonyl (C=O) groups excluding carboxylic acids is 2. The summed E-state index contributed by atoms with van der Waals surface area (Å²) in [7, 11) is 1.42. The van der Waals surface area contributed by atoms with Gasteiger partial charge in [-0.15, -0.1) is 0 Å². The van der Waals surface area contributed by atoms with Crippen LogP contribution >= 0.6 is 0 Å². The van der Waals surface area contributed by atoms with E-state index in [9.17, 15) is 19.1 Å². The lowest BCUT2D eigenvalue weighted by Crippen LogP contribution is -2.23. The van der Waals surface area contributed by atoms with E-state index in [1.165, 1.54) is 56.5 Å². The van der Waals surface area contributed by atoms with E-state index in [-0.39, 0.29) is 17.1 Å². The third-order valence-corrected chi connectivity index (χ3v) is 3.41. The number of phenolic OH excluding ortho intramolecular Hbond substituents is 1. The maximum Gasteiger partial charge on any atom is 0.331 e. The fourth-order valence-corrected chi connectivity index (χ4v) is 2.08. The summed E-state index contributed by atoms with van der Waals surface area (Å²) >= 11 is 0. The Morgan fingerprint density at radius 1 is 1.16 bits per heavy atom. The minimum absolute atomic E-state index is 0.0132. The number of methoxy groups -OCH3 is 1. The first-order chi connectivity index (χ1) is 11.9. The highest BCUT2D eigenvalue weighted by molar-refractivity contribution is 6.01. The molecule has 1 N–H and O–H groups in total. The molecule has 2 aromatic rings. The SMILES string of the molecule is COc1cc(/C=C/C(=O)O[C@@H](C)C(=O)c2ccc(F)cc2)ccc1O. The number of carbonyl (C=O) groups is 2. The highest BCUT2D eigenvalue weighted by atomic mass is 19.1. The minimum atomic E-state index is -1.00. The third kappa shape index (κ3) is 4.91. The number of ether oxygens (including phenoxy) is 2. The van der Waals surface area contributed by atoms with Crippen LogP contribution in [0.3, 0.4) is 0 Å². The summed E-state index contributed by atoms with van der Waals surface area (Å²) in [5, 5.41) is 9.52. The van der Waals surface area contributed by atoms with Gasteiger partial charge in [0.05, 0.1) is 7.11 Å². The molecule has 6 heteroatoms. The Morgan fingerprint density at radius 3 is 2.48 bits per heavy atom. The van der Waals surface area contributed by atoms with Crippen molar-refractivity contribution >= 4 is 17.8 Å². The van der Waals surface area contributed by atoms with Crippen LogP contribution in [0.2, 0.25) is 0 Å². The van der Waals surface area contributed by atoms with Crippen LogP contribution in [0.5, 0.6) is 11.5 Å². The molecule has 1 atom stereocenters. The molecule has 0 aliphatic carbocycles. The van der Waals surface area contributed by atoms with E-state index in [4.69, 9.17) is 9.47 Å². The van der Waals surface area contributed by atoms with Gasteiger partial charge >= 0.3 is 5.97 Å². The number of ketones is 1. The van der Waals surface area contributed by atoms with Crippen molar-refractivity contribution in [2.24, 2.45) is 0 Å². The molecule has 2 aromatic carbocycles. The topological polar surface area (TPSA) is 72.8 Å². The van der Waals surface area contributed by atoms with Gasteiger partial charge in [-0.1, -0.05) is 6.07 Å². The molecule has 0 spiro atoms. The number of phenols is 1. The van der Waals surface area contributed by atoms with Crippen LogP contribution in [0, 0.1) is 5.82 Å². The van der Waals surface area contributed by atoms with Crippen LogP contribution in [-0.4, -0.2) is 30.1 Å². The number of halogens is 1. The molecule has 130 valence electrons. The van der Waals surface area contributed by atoms with Gasteiger partial charge in [0.2, 0.25) is 5.78 Å². The fourth-order valence-electron chi connectivity index (χ4n) is 2.08. The lowest BCUT2D eigenvalue weighted by molar-refractivity contribution is -0.140. The lowest BCUT2D eigenvalue weighted by Gasteiger charge is -2.10. The Balaban J connectivity index is 1.99. The first-order valence-electron chi connectivity index (χ1n) is 7.46. The van der Waals surface area contributed by atoms with E-state index in [2.05, 4.69) is 0 Å². The first kappa shape index (κ1) is 18.2. The highest BCUT2D eigenvalue weighted by Crippen LogP contribution is 2.26. The van der Waals surface area contributed by atoms with Gasteiger partial charge in [-0.3, -0.25) is 4.79 Å². The van der Waals surface area contributed by atoms with Gasteiger partial charge in [-0.2, -0.15) is 0 Å². The van der Waals surface area contributed by atoms with Crippen LogP contribution in [0.25, 0.3) is 6.08 Å². The maximum atomic E-state index is 12.9. The molecule has 25 heavy (non-hydrogen) atoms. The lowest BCUT2D eigenvalue weighted by atomic mass is 10.1. The van der Waals surface area contributed by atoms with Gasteiger partial charge in [-0.05, 0) is 55.0 Å². The van der Waals surface area contributed by atoms with Gasteiger partial charge in [0.1, 0.15) is 5.82 Å². The van der Waals surface area contributed by atoms with Gasteiger partial charge in [0.25, 0.3) is 0 Å². The number of esters is 1. The molecule has 2 rings (SSSR count). The molecule has 0 saturated carbocycles. The summed E-state index contributed by atoms with van der Waals surface area (Å²) in [4.78, 5) is 24.0. The van der Waals surface area contributed by atoms with Gasteiger partial charge in [0.15, 0.2) is 17.6 Å². The molecule has 0 saturated heterocycles. The molecule has 0 bridgehead atoms. The van der Waals surface area contributed by atoms with Gasteiger partial charge in [-0.25, -0.2) is 9.18 Å². The van der Waals surface area contributed by atoms with Crippen molar-refractivity contribution in [2.75, 3.05) is 7.11 Å². The van der Waals surface area contributed by atoms with Crippen LogP contribution in [0.15, 0.2) is 48.5 Å². The van der Waals surface area contributed by atoms with E-state index in [0.29, 0.717) is 5.56 Å². The molecule has 0 heterocycles.